The van der Waals surface area contributed by atoms with Gasteiger partial charge in [-0.25, -0.2) is 4.39 Å². The molecule has 1 N–H and O–H groups in total. The van der Waals surface area contributed by atoms with Crippen molar-refractivity contribution < 1.29 is 4.39 Å². The quantitative estimate of drug-likeness (QED) is 0.518. The van der Waals surface area contributed by atoms with Gasteiger partial charge < -0.3 is 0 Å². The topological polar surface area (TPSA) is 12.0 Å². The van der Waals surface area contributed by atoms with E-state index in [1.807, 2.05) is 24.3 Å². The Morgan fingerprint density at radius 2 is 2.09 bits per heavy atom. The SMILES string of the molecule is C=CC1=C(C)C=C(CCNS)C(C=C)(Cc2ccccc2F)C1. The third-order valence-corrected chi connectivity index (χ3v) is 4.87. The molecule has 0 bridgehead atoms. The first-order chi connectivity index (χ1) is 11.1. The van der Waals surface area contributed by atoms with E-state index in [0.717, 1.165) is 24.9 Å². The maximum absolute atomic E-state index is 14.2. The molecule has 122 valence electrons. The maximum Gasteiger partial charge on any atom is 0.126 e. The molecule has 0 aliphatic heterocycles. The molecule has 3 heteroatoms. The number of allylic oxidation sites excluding steroid dienone is 5. The first-order valence-corrected chi connectivity index (χ1v) is 8.28. The molecule has 0 fully saturated rings. The number of rotatable bonds is 7. The summed E-state index contributed by atoms with van der Waals surface area (Å²) >= 11 is 4.09. The molecular formula is C20H24FNS. The van der Waals surface area contributed by atoms with E-state index < -0.39 is 0 Å². The smallest absolute Gasteiger partial charge is 0.126 e. The van der Waals surface area contributed by atoms with E-state index in [4.69, 9.17) is 0 Å². The van der Waals surface area contributed by atoms with Gasteiger partial charge in [0.2, 0.25) is 0 Å². The van der Waals surface area contributed by atoms with Gasteiger partial charge >= 0.3 is 0 Å². The van der Waals surface area contributed by atoms with Crippen molar-refractivity contribution in [2.24, 2.45) is 5.41 Å². The van der Waals surface area contributed by atoms with E-state index in [1.165, 1.54) is 22.8 Å². The summed E-state index contributed by atoms with van der Waals surface area (Å²) < 4.78 is 17.1. The molecule has 1 aromatic rings. The number of nitrogens with one attached hydrogen (secondary N) is 1. The highest BCUT2D eigenvalue weighted by Gasteiger charge is 2.35. The van der Waals surface area contributed by atoms with Crippen LogP contribution in [0.15, 0.2) is 72.4 Å². The van der Waals surface area contributed by atoms with Crippen LogP contribution in [0.3, 0.4) is 0 Å². The van der Waals surface area contributed by atoms with Crippen LogP contribution in [-0.2, 0) is 6.42 Å². The second-order valence-electron chi connectivity index (χ2n) is 6.05. The highest BCUT2D eigenvalue weighted by molar-refractivity contribution is 7.78. The fraction of sp³-hybridized carbons (Fsp3) is 0.300. The Morgan fingerprint density at radius 1 is 1.35 bits per heavy atom. The van der Waals surface area contributed by atoms with Crippen LogP contribution in [0, 0.1) is 11.2 Å². The van der Waals surface area contributed by atoms with Crippen molar-refractivity contribution in [3.63, 3.8) is 0 Å². The Morgan fingerprint density at radius 3 is 2.70 bits per heavy atom. The van der Waals surface area contributed by atoms with Crippen molar-refractivity contribution in [3.05, 3.63) is 83.8 Å². The van der Waals surface area contributed by atoms with E-state index in [9.17, 15) is 4.39 Å². The van der Waals surface area contributed by atoms with Crippen LogP contribution in [0.1, 0.15) is 25.3 Å². The molecule has 0 radical (unpaired) electrons. The standard InChI is InChI=1S/C20H24FNS/c1-4-16-13-20(5-2,14-17-8-6-7-9-19(17)21)18(10-11-22-23)12-15(16)3/h4-9,12,22-23H,1-2,10-11,13-14H2,3H3. The summed E-state index contributed by atoms with van der Waals surface area (Å²) in [6.45, 7) is 10.9. The van der Waals surface area contributed by atoms with Crippen molar-refractivity contribution in [1.82, 2.24) is 4.72 Å². The van der Waals surface area contributed by atoms with E-state index >= 15 is 0 Å². The van der Waals surface area contributed by atoms with Crippen molar-refractivity contribution in [2.45, 2.75) is 26.2 Å². The predicted molar refractivity (Wildman–Crippen MR) is 99.9 cm³/mol. The lowest BCUT2D eigenvalue weighted by Crippen LogP contribution is -2.29. The Labute approximate surface area is 144 Å². The van der Waals surface area contributed by atoms with Crippen molar-refractivity contribution in [3.8, 4) is 0 Å². The summed E-state index contributed by atoms with van der Waals surface area (Å²) in [5.74, 6) is -0.160. The second kappa shape index (κ2) is 7.80. The predicted octanol–water partition coefficient (Wildman–Crippen LogP) is 5.20. The van der Waals surface area contributed by atoms with Gasteiger partial charge in [-0.1, -0.05) is 61.4 Å². The van der Waals surface area contributed by atoms with Gasteiger partial charge in [0.1, 0.15) is 5.82 Å². The molecular weight excluding hydrogens is 305 g/mol. The lowest BCUT2D eigenvalue weighted by Gasteiger charge is -2.38. The van der Waals surface area contributed by atoms with Crippen LogP contribution in [0.5, 0.6) is 0 Å². The van der Waals surface area contributed by atoms with Crippen molar-refractivity contribution in [1.29, 1.82) is 0 Å². The van der Waals surface area contributed by atoms with Gasteiger partial charge in [-0.05, 0) is 49.0 Å². The Hall–Kier alpha value is -1.58. The molecule has 1 aliphatic rings. The van der Waals surface area contributed by atoms with E-state index in [-0.39, 0.29) is 11.2 Å². The first kappa shape index (κ1) is 17.8. The van der Waals surface area contributed by atoms with Gasteiger partial charge in [-0.15, -0.1) is 6.58 Å². The van der Waals surface area contributed by atoms with Crippen LogP contribution in [0.4, 0.5) is 4.39 Å². The van der Waals surface area contributed by atoms with E-state index in [1.54, 1.807) is 6.07 Å². The molecule has 2 rings (SSSR count). The molecule has 0 amide bonds. The molecule has 0 spiro atoms. The molecule has 23 heavy (non-hydrogen) atoms. The van der Waals surface area contributed by atoms with Gasteiger partial charge in [0.05, 0.1) is 0 Å². The number of hydrogen-bond acceptors (Lipinski definition) is 2. The van der Waals surface area contributed by atoms with Crippen molar-refractivity contribution in [2.75, 3.05) is 6.54 Å². The fourth-order valence-electron chi connectivity index (χ4n) is 3.27. The minimum Gasteiger partial charge on any atom is -0.266 e. The minimum atomic E-state index is -0.282. The molecule has 0 saturated carbocycles. The van der Waals surface area contributed by atoms with E-state index in [0.29, 0.717) is 6.42 Å². The average molecular weight is 329 g/mol. The number of benzene rings is 1. The van der Waals surface area contributed by atoms with Crippen LogP contribution >= 0.6 is 12.8 Å². The molecule has 1 aliphatic carbocycles. The van der Waals surface area contributed by atoms with Gasteiger partial charge in [0.15, 0.2) is 0 Å². The molecule has 1 nitrogen and oxygen atoms in total. The normalized spacial score (nSPS) is 21.1. The summed E-state index contributed by atoms with van der Waals surface area (Å²) in [7, 11) is 0. The monoisotopic (exact) mass is 329 g/mol. The zero-order valence-electron chi connectivity index (χ0n) is 13.6. The van der Waals surface area contributed by atoms with Gasteiger partial charge in [0.25, 0.3) is 0 Å². The molecule has 1 unspecified atom stereocenters. The maximum atomic E-state index is 14.2. The van der Waals surface area contributed by atoms with Crippen LogP contribution in [0.25, 0.3) is 0 Å². The average Bonchev–Trinajstić information content (AvgIpc) is 2.56. The summed E-state index contributed by atoms with van der Waals surface area (Å²) in [6.07, 6.45) is 8.34. The van der Waals surface area contributed by atoms with Gasteiger partial charge in [-0.3, -0.25) is 4.72 Å². The molecule has 1 aromatic carbocycles. The summed E-state index contributed by atoms with van der Waals surface area (Å²) in [4.78, 5) is 0. The van der Waals surface area contributed by atoms with Crippen LogP contribution in [-0.4, -0.2) is 6.54 Å². The lowest BCUT2D eigenvalue weighted by atomic mass is 9.66. The summed E-state index contributed by atoms with van der Waals surface area (Å²) in [5, 5.41) is 0. The number of thiol groups is 1. The molecule has 1 atom stereocenters. The fourth-order valence-corrected chi connectivity index (χ4v) is 3.38. The molecule has 0 heterocycles. The minimum absolute atomic E-state index is 0.160. The van der Waals surface area contributed by atoms with Gasteiger partial charge in [0, 0.05) is 12.0 Å². The number of halogens is 1. The second-order valence-corrected chi connectivity index (χ2v) is 6.36. The Bertz CT molecular complexity index is 659. The number of hydrogen-bond donors (Lipinski definition) is 2. The first-order valence-electron chi connectivity index (χ1n) is 7.83. The zero-order valence-corrected chi connectivity index (χ0v) is 14.5. The molecule has 0 aromatic heterocycles. The highest BCUT2D eigenvalue weighted by Crippen LogP contribution is 2.45. The van der Waals surface area contributed by atoms with Crippen LogP contribution in [0.2, 0.25) is 0 Å². The zero-order chi connectivity index (χ0) is 16.9. The van der Waals surface area contributed by atoms with Crippen molar-refractivity contribution >= 4 is 12.8 Å². The third kappa shape index (κ3) is 3.85. The largest absolute Gasteiger partial charge is 0.266 e. The Balaban J connectivity index is 2.44. The lowest BCUT2D eigenvalue weighted by molar-refractivity contribution is 0.422. The third-order valence-electron chi connectivity index (χ3n) is 4.65. The van der Waals surface area contributed by atoms with Crippen LogP contribution < -0.4 is 4.72 Å². The summed E-state index contributed by atoms with van der Waals surface area (Å²) in [5.41, 5.74) is 4.13. The molecule has 0 saturated heterocycles. The summed E-state index contributed by atoms with van der Waals surface area (Å²) in [6, 6.07) is 6.98. The highest BCUT2D eigenvalue weighted by atomic mass is 32.1. The van der Waals surface area contributed by atoms with Gasteiger partial charge in [-0.2, -0.15) is 0 Å². The van der Waals surface area contributed by atoms with E-state index in [2.05, 4.69) is 43.7 Å². The Kier molecular flexibility index (Phi) is 6.03.